The summed E-state index contributed by atoms with van der Waals surface area (Å²) in [6, 6.07) is 19.0. The third kappa shape index (κ3) is 5.29. The molecule has 2 aromatic carbocycles. The van der Waals surface area contributed by atoms with Gasteiger partial charge in [0.15, 0.2) is 0 Å². The van der Waals surface area contributed by atoms with Crippen molar-refractivity contribution >= 4 is 45.6 Å². The molecule has 158 valence electrons. The topological polar surface area (TPSA) is 90.5 Å². The van der Waals surface area contributed by atoms with Crippen LogP contribution in [-0.4, -0.2) is 35.8 Å². The van der Waals surface area contributed by atoms with Crippen molar-refractivity contribution in [3.05, 3.63) is 77.2 Å². The number of anilines is 3. The summed E-state index contributed by atoms with van der Waals surface area (Å²) in [5.41, 5.74) is 1.90. The van der Waals surface area contributed by atoms with E-state index in [9.17, 15) is 14.4 Å². The van der Waals surface area contributed by atoms with Gasteiger partial charge in [-0.05, 0) is 61.4 Å². The van der Waals surface area contributed by atoms with Crippen LogP contribution in [0.4, 0.5) is 21.2 Å². The Morgan fingerprint density at radius 1 is 0.742 bits per heavy atom. The summed E-state index contributed by atoms with van der Waals surface area (Å²) in [6.07, 6.45) is 2.09. The molecule has 3 N–H and O–H groups in total. The number of carbonyl (C=O) groups excluding carboxylic acids is 3. The Morgan fingerprint density at radius 2 is 1.42 bits per heavy atom. The van der Waals surface area contributed by atoms with Gasteiger partial charge in [-0.25, -0.2) is 4.79 Å². The van der Waals surface area contributed by atoms with Crippen LogP contribution in [0.15, 0.2) is 66.7 Å². The number of urea groups is 1. The van der Waals surface area contributed by atoms with E-state index in [-0.39, 0.29) is 17.8 Å². The lowest BCUT2D eigenvalue weighted by molar-refractivity contribution is 0.0792. The van der Waals surface area contributed by atoms with Crippen molar-refractivity contribution in [3.8, 4) is 0 Å². The van der Waals surface area contributed by atoms with Gasteiger partial charge in [0, 0.05) is 30.0 Å². The van der Waals surface area contributed by atoms with Crippen LogP contribution in [-0.2, 0) is 0 Å². The molecule has 31 heavy (non-hydrogen) atoms. The van der Waals surface area contributed by atoms with Gasteiger partial charge >= 0.3 is 6.03 Å². The minimum absolute atomic E-state index is 0.0260. The highest BCUT2D eigenvalue weighted by atomic mass is 32.1. The fraction of sp³-hybridized carbons (Fsp3) is 0.174. The number of thiophene rings is 1. The van der Waals surface area contributed by atoms with Crippen LogP contribution in [0.25, 0.3) is 0 Å². The quantitative estimate of drug-likeness (QED) is 0.534. The summed E-state index contributed by atoms with van der Waals surface area (Å²) in [4.78, 5) is 39.3. The molecule has 1 aromatic heterocycles. The molecule has 1 aliphatic heterocycles. The average Bonchev–Trinajstić information content (AvgIpc) is 3.47. The van der Waals surface area contributed by atoms with E-state index in [1.807, 2.05) is 23.1 Å². The Kier molecular flexibility index (Phi) is 6.28. The van der Waals surface area contributed by atoms with Gasteiger partial charge in [0.05, 0.1) is 9.88 Å². The fourth-order valence-electron chi connectivity index (χ4n) is 3.31. The first-order valence-corrected chi connectivity index (χ1v) is 10.8. The molecule has 4 rings (SSSR count). The first kappa shape index (κ1) is 20.6. The van der Waals surface area contributed by atoms with E-state index in [1.165, 1.54) is 11.3 Å². The maximum atomic E-state index is 12.5. The zero-order valence-corrected chi connectivity index (χ0v) is 17.6. The van der Waals surface area contributed by atoms with Crippen LogP contribution in [0.2, 0.25) is 0 Å². The van der Waals surface area contributed by atoms with Gasteiger partial charge in [-0.2, -0.15) is 0 Å². The number of para-hydroxylation sites is 1. The lowest BCUT2D eigenvalue weighted by atomic mass is 10.2. The Morgan fingerprint density at radius 3 is 2.13 bits per heavy atom. The first-order valence-electron chi connectivity index (χ1n) is 10.0. The molecule has 7 nitrogen and oxygen atoms in total. The number of nitrogens with one attached hydrogen (secondary N) is 3. The van der Waals surface area contributed by atoms with Gasteiger partial charge in [0.1, 0.15) is 0 Å². The monoisotopic (exact) mass is 434 g/mol. The maximum Gasteiger partial charge on any atom is 0.324 e. The molecule has 1 fully saturated rings. The summed E-state index contributed by atoms with van der Waals surface area (Å²) < 4.78 is 0. The molecule has 0 atom stereocenters. The van der Waals surface area contributed by atoms with E-state index in [4.69, 9.17) is 0 Å². The molecule has 2 heterocycles. The first-order chi connectivity index (χ1) is 15.1. The van der Waals surface area contributed by atoms with Gasteiger partial charge in [-0.3, -0.25) is 14.9 Å². The van der Waals surface area contributed by atoms with Crippen LogP contribution < -0.4 is 16.0 Å². The zero-order chi connectivity index (χ0) is 21.6. The van der Waals surface area contributed by atoms with Crippen molar-refractivity contribution in [2.24, 2.45) is 0 Å². The molecule has 0 saturated carbocycles. The molecule has 1 aliphatic rings. The van der Waals surface area contributed by atoms with Crippen molar-refractivity contribution in [1.82, 2.24) is 4.90 Å². The van der Waals surface area contributed by atoms with Gasteiger partial charge in [0.25, 0.3) is 11.8 Å². The molecule has 4 amide bonds. The van der Waals surface area contributed by atoms with Crippen LogP contribution in [0, 0.1) is 0 Å². The maximum absolute atomic E-state index is 12.5. The molecular weight excluding hydrogens is 412 g/mol. The highest BCUT2D eigenvalue weighted by Crippen LogP contribution is 2.24. The molecule has 0 spiro atoms. The summed E-state index contributed by atoms with van der Waals surface area (Å²) in [6.45, 7) is 1.60. The van der Waals surface area contributed by atoms with E-state index in [1.54, 1.807) is 48.5 Å². The van der Waals surface area contributed by atoms with E-state index in [0.29, 0.717) is 26.8 Å². The number of likely N-dealkylation sites (tertiary alicyclic amines) is 1. The summed E-state index contributed by atoms with van der Waals surface area (Å²) >= 11 is 1.18. The largest absolute Gasteiger partial charge is 0.339 e. The second kappa shape index (κ2) is 9.44. The second-order valence-electron chi connectivity index (χ2n) is 7.14. The summed E-state index contributed by atoms with van der Waals surface area (Å²) in [5.74, 6) is -0.252. The smallest absolute Gasteiger partial charge is 0.324 e. The van der Waals surface area contributed by atoms with E-state index in [0.717, 1.165) is 25.9 Å². The van der Waals surface area contributed by atoms with E-state index < -0.39 is 0 Å². The summed E-state index contributed by atoms with van der Waals surface area (Å²) in [7, 11) is 0. The summed E-state index contributed by atoms with van der Waals surface area (Å²) in [5, 5.41) is 8.83. The molecule has 0 bridgehead atoms. The SMILES string of the molecule is O=C(Nc1ccccc1)Nc1ccc(C(=O)Nc2ccc(C(=O)N3CCCC3)cc2)s1. The molecule has 0 unspecified atom stereocenters. The Labute approximate surface area is 184 Å². The van der Waals surface area contributed by atoms with Gasteiger partial charge < -0.3 is 15.5 Å². The van der Waals surface area contributed by atoms with Crippen LogP contribution in [0.5, 0.6) is 0 Å². The van der Waals surface area contributed by atoms with E-state index >= 15 is 0 Å². The van der Waals surface area contributed by atoms with Crippen molar-refractivity contribution in [2.75, 3.05) is 29.0 Å². The van der Waals surface area contributed by atoms with Gasteiger partial charge in [0.2, 0.25) is 0 Å². The molecule has 0 radical (unpaired) electrons. The second-order valence-corrected chi connectivity index (χ2v) is 8.22. The third-order valence-electron chi connectivity index (χ3n) is 4.88. The molecule has 1 saturated heterocycles. The predicted molar refractivity (Wildman–Crippen MR) is 123 cm³/mol. The fourth-order valence-corrected chi connectivity index (χ4v) is 4.11. The van der Waals surface area contributed by atoms with Crippen molar-refractivity contribution in [1.29, 1.82) is 0 Å². The lowest BCUT2D eigenvalue weighted by Gasteiger charge is -2.15. The van der Waals surface area contributed by atoms with Crippen LogP contribution in [0.1, 0.15) is 32.9 Å². The molecule has 3 aromatic rings. The highest BCUT2D eigenvalue weighted by molar-refractivity contribution is 7.18. The third-order valence-corrected chi connectivity index (χ3v) is 5.88. The number of benzene rings is 2. The van der Waals surface area contributed by atoms with Gasteiger partial charge in [-0.1, -0.05) is 18.2 Å². The zero-order valence-electron chi connectivity index (χ0n) is 16.8. The van der Waals surface area contributed by atoms with Gasteiger partial charge in [-0.15, -0.1) is 11.3 Å². The molecular formula is C23H22N4O3S. The number of rotatable bonds is 5. The minimum atomic E-state index is -0.377. The Hall–Kier alpha value is -3.65. The minimum Gasteiger partial charge on any atom is -0.339 e. The number of carbonyl (C=O) groups is 3. The van der Waals surface area contributed by atoms with Crippen molar-refractivity contribution < 1.29 is 14.4 Å². The Bertz CT molecular complexity index is 1070. The normalized spacial score (nSPS) is 13.0. The van der Waals surface area contributed by atoms with Crippen LogP contribution >= 0.6 is 11.3 Å². The molecule has 8 heteroatoms. The van der Waals surface area contributed by atoms with Crippen LogP contribution in [0.3, 0.4) is 0 Å². The average molecular weight is 435 g/mol. The molecule has 0 aliphatic carbocycles. The standard InChI is InChI=1S/C23H22N4O3S/c28-21(24-18-10-8-16(9-11-18)22(29)27-14-4-5-15-27)19-12-13-20(31-19)26-23(30)25-17-6-2-1-3-7-17/h1-3,6-13H,4-5,14-15H2,(H,24,28)(H2,25,26,30). The highest BCUT2D eigenvalue weighted by Gasteiger charge is 2.19. The Balaban J connectivity index is 1.32. The van der Waals surface area contributed by atoms with E-state index in [2.05, 4.69) is 16.0 Å². The van der Waals surface area contributed by atoms with Crippen molar-refractivity contribution in [3.63, 3.8) is 0 Å². The lowest BCUT2D eigenvalue weighted by Crippen LogP contribution is -2.27. The number of nitrogens with zero attached hydrogens (tertiary/aromatic N) is 1. The number of hydrogen-bond acceptors (Lipinski definition) is 4. The predicted octanol–water partition coefficient (Wildman–Crippen LogP) is 4.88. The van der Waals surface area contributed by atoms with Crippen molar-refractivity contribution in [2.45, 2.75) is 12.8 Å². The number of amides is 4. The number of hydrogen-bond donors (Lipinski definition) is 3.